The molecule has 1 amide bonds. The number of rotatable bonds is 5. The second kappa shape index (κ2) is 5.69. The van der Waals surface area contributed by atoms with E-state index in [9.17, 15) is 14.9 Å². The molecule has 1 N–H and O–H groups in total. The Bertz CT molecular complexity index is 502. The Morgan fingerprint density at radius 3 is 2.84 bits per heavy atom. The maximum Gasteiger partial charge on any atom is 0.292 e. The number of likely N-dealkylation sites (tertiary alicyclic amines) is 1. The van der Waals surface area contributed by atoms with Gasteiger partial charge >= 0.3 is 0 Å². The zero-order valence-electron chi connectivity index (χ0n) is 10.9. The standard InChI is InChI=1S/C13H17N3O3/c1-2-14-11-6-5-10(8-12(11)16(18)19)9-15-7-3-4-13(15)17/h5-6,8,14H,2-4,7,9H2,1H3. The molecule has 1 heterocycles. The minimum atomic E-state index is -0.396. The van der Waals surface area contributed by atoms with E-state index in [0.717, 1.165) is 18.5 Å². The van der Waals surface area contributed by atoms with Crippen LogP contribution in [0.3, 0.4) is 0 Å². The van der Waals surface area contributed by atoms with E-state index in [1.807, 2.05) is 13.0 Å². The van der Waals surface area contributed by atoms with Crippen LogP contribution in [0.5, 0.6) is 0 Å². The zero-order valence-corrected chi connectivity index (χ0v) is 10.9. The van der Waals surface area contributed by atoms with Gasteiger partial charge in [0.15, 0.2) is 0 Å². The fraction of sp³-hybridized carbons (Fsp3) is 0.462. The molecule has 19 heavy (non-hydrogen) atoms. The molecule has 0 aliphatic carbocycles. The maximum atomic E-state index is 11.5. The second-order valence-corrected chi connectivity index (χ2v) is 4.56. The van der Waals surface area contributed by atoms with Crippen LogP contribution in [-0.4, -0.2) is 28.8 Å². The number of nitrogens with zero attached hydrogens (tertiary/aromatic N) is 2. The second-order valence-electron chi connectivity index (χ2n) is 4.56. The van der Waals surface area contributed by atoms with Crippen LogP contribution in [0.25, 0.3) is 0 Å². The van der Waals surface area contributed by atoms with E-state index in [-0.39, 0.29) is 11.6 Å². The Balaban J connectivity index is 2.20. The first-order valence-corrected chi connectivity index (χ1v) is 6.40. The van der Waals surface area contributed by atoms with Crippen molar-refractivity contribution >= 4 is 17.3 Å². The maximum absolute atomic E-state index is 11.5. The van der Waals surface area contributed by atoms with Gasteiger partial charge in [-0.15, -0.1) is 0 Å². The topological polar surface area (TPSA) is 75.5 Å². The Morgan fingerprint density at radius 2 is 2.26 bits per heavy atom. The van der Waals surface area contributed by atoms with Gasteiger partial charge in [-0.2, -0.15) is 0 Å². The summed E-state index contributed by atoms with van der Waals surface area (Å²) in [6, 6.07) is 5.08. The van der Waals surface area contributed by atoms with Gasteiger partial charge in [0.1, 0.15) is 5.69 Å². The number of hydrogen-bond donors (Lipinski definition) is 1. The number of nitro benzene ring substituents is 1. The summed E-state index contributed by atoms with van der Waals surface area (Å²) >= 11 is 0. The van der Waals surface area contributed by atoms with E-state index in [1.165, 1.54) is 0 Å². The molecule has 1 aromatic carbocycles. The summed E-state index contributed by atoms with van der Waals surface area (Å²) in [6.07, 6.45) is 1.45. The van der Waals surface area contributed by atoms with Crippen LogP contribution in [0.2, 0.25) is 0 Å². The predicted molar refractivity (Wildman–Crippen MR) is 71.9 cm³/mol. The lowest BCUT2D eigenvalue weighted by molar-refractivity contribution is -0.384. The number of nitro groups is 1. The lowest BCUT2D eigenvalue weighted by Gasteiger charge is -2.15. The lowest BCUT2D eigenvalue weighted by atomic mass is 10.1. The molecule has 0 atom stereocenters. The highest BCUT2D eigenvalue weighted by atomic mass is 16.6. The Kier molecular flexibility index (Phi) is 3.99. The van der Waals surface area contributed by atoms with Crippen molar-refractivity contribution in [3.63, 3.8) is 0 Å². The molecule has 1 aliphatic rings. The van der Waals surface area contributed by atoms with Gasteiger partial charge in [0.05, 0.1) is 4.92 Å². The molecule has 1 fully saturated rings. The molecule has 1 aliphatic heterocycles. The highest BCUT2D eigenvalue weighted by Crippen LogP contribution is 2.26. The summed E-state index contributed by atoms with van der Waals surface area (Å²) in [6.45, 7) is 3.71. The predicted octanol–water partition coefficient (Wildman–Crippen LogP) is 2.15. The molecule has 0 radical (unpaired) electrons. The smallest absolute Gasteiger partial charge is 0.292 e. The number of anilines is 1. The van der Waals surface area contributed by atoms with Gasteiger partial charge in [-0.05, 0) is 25.0 Å². The third-order valence-corrected chi connectivity index (χ3v) is 3.17. The van der Waals surface area contributed by atoms with Crippen LogP contribution in [0.1, 0.15) is 25.3 Å². The summed E-state index contributed by atoms with van der Waals surface area (Å²) < 4.78 is 0. The van der Waals surface area contributed by atoms with E-state index < -0.39 is 4.92 Å². The van der Waals surface area contributed by atoms with Gasteiger partial charge in [0.2, 0.25) is 5.91 Å². The summed E-state index contributed by atoms with van der Waals surface area (Å²) in [5.74, 6) is 0.124. The van der Waals surface area contributed by atoms with Crippen LogP contribution < -0.4 is 5.32 Å². The zero-order chi connectivity index (χ0) is 13.8. The van der Waals surface area contributed by atoms with Gasteiger partial charge < -0.3 is 10.2 Å². The number of benzene rings is 1. The van der Waals surface area contributed by atoms with Crippen LogP contribution in [0.4, 0.5) is 11.4 Å². The first-order chi connectivity index (χ1) is 9.11. The molecule has 1 saturated heterocycles. The normalized spacial score (nSPS) is 14.8. The monoisotopic (exact) mass is 263 g/mol. The van der Waals surface area contributed by atoms with Crippen molar-refractivity contribution in [1.29, 1.82) is 0 Å². The average molecular weight is 263 g/mol. The van der Waals surface area contributed by atoms with Crippen LogP contribution in [0, 0.1) is 10.1 Å². The van der Waals surface area contributed by atoms with E-state index in [0.29, 0.717) is 25.2 Å². The van der Waals surface area contributed by atoms with E-state index in [2.05, 4.69) is 5.32 Å². The van der Waals surface area contributed by atoms with Crippen molar-refractivity contribution in [3.8, 4) is 0 Å². The molecule has 6 nitrogen and oxygen atoms in total. The minimum absolute atomic E-state index is 0.0611. The minimum Gasteiger partial charge on any atom is -0.380 e. The van der Waals surface area contributed by atoms with Gasteiger partial charge in [0.25, 0.3) is 5.69 Å². The highest BCUT2D eigenvalue weighted by Gasteiger charge is 2.21. The first kappa shape index (κ1) is 13.3. The van der Waals surface area contributed by atoms with Crippen molar-refractivity contribution in [1.82, 2.24) is 4.90 Å². The molecule has 2 rings (SSSR count). The lowest BCUT2D eigenvalue weighted by Crippen LogP contribution is -2.23. The van der Waals surface area contributed by atoms with Gasteiger partial charge in [0, 0.05) is 32.1 Å². The van der Waals surface area contributed by atoms with Crippen molar-refractivity contribution in [2.75, 3.05) is 18.4 Å². The van der Waals surface area contributed by atoms with Crippen molar-refractivity contribution < 1.29 is 9.72 Å². The van der Waals surface area contributed by atoms with E-state index >= 15 is 0 Å². The summed E-state index contributed by atoms with van der Waals surface area (Å²) in [5.41, 5.74) is 1.37. The molecule has 0 saturated carbocycles. The summed E-state index contributed by atoms with van der Waals surface area (Å²) in [5, 5.41) is 14.0. The third-order valence-electron chi connectivity index (χ3n) is 3.17. The molecule has 0 aromatic heterocycles. The molecule has 102 valence electrons. The number of nitrogens with one attached hydrogen (secondary N) is 1. The SMILES string of the molecule is CCNc1ccc(CN2CCCC2=O)cc1[N+](=O)[O-]. The van der Waals surface area contributed by atoms with Crippen molar-refractivity contribution in [2.24, 2.45) is 0 Å². The molecule has 0 spiro atoms. The Morgan fingerprint density at radius 1 is 1.47 bits per heavy atom. The number of amides is 1. The van der Waals surface area contributed by atoms with Crippen molar-refractivity contribution in [2.45, 2.75) is 26.3 Å². The Hall–Kier alpha value is -2.11. The van der Waals surface area contributed by atoms with Crippen LogP contribution in [0.15, 0.2) is 18.2 Å². The van der Waals surface area contributed by atoms with Crippen molar-refractivity contribution in [3.05, 3.63) is 33.9 Å². The Labute approximate surface area is 111 Å². The summed E-state index contributed by atoms with van der Waals surface area (Å²) in [4.78, 5) is 23.9. The van der Waals surface area contributed by atoms with Crippen LogP contribution in [-0.2, 0) is 11.3 Å². The summed E-state index contributed by atoms with van der Waals surface area (Å²) in [7, 11) is 0. The largest absolute Gasteiger partial charge is 0.380 e. The number of hydrogen-bond acceptors (Lipinski definition) is 4. The number of carbonyl (C=O) groups excluding carboxylic acids is 1. The third kappa shape index (κ3) is 3.01. The molecule has 0 unspecified atom stereocenters. The molecular formula is C13H17N3O3. The van der Waals surface area contributed by atoms with Gasteiger partial charge in [-0.25, -0.2) is 0 Å². The fourth-order valence-corrected chi connectivity index (χ4v) is 2.26. The average Bonchev–Trinajstić information content (AvgIpc) is 2.77. The van der Waals surface area contributed by atoms with Gasteiger partial charge in [-0.1, -0.05) is 6.07 Å². The highest BCUT2D eigenvalue weighted by molar-refractivity contribution is 5.78. The van der Waals surface area contributed by atoms with E-state index in [1.54, 1.807) is 17.0 Å². The molecule has 1 aromatic rings. The quantitative estimate of drug-likeness (QED) is 0.652. The van der Waals surface area contributed by atoms with Gasteiger partial charge in [-0.3, -0.25) is 14.9 Å². The fourth-order valence-electron chi connectivity index (χ4n) is 2.26. The molecular weight excluding hydrogens is 246 g/mol. The van der Waals surface area contributed by atoms with E-state index in [4.69, 9.17) is 0 Å². The van der Waals surface area contributed by atoms with Crippen LogP contribution >= 0.6 is 0 Å². The molecule has 0 bridgehead atoms. The molecule has 6 heteroatoms. The number of carbonyl (C=O) groups is 1. The first-order valence-electron chi connectivity index (χ1n) is 6.40.